The number of anilines is 1. The summed E-state index contributed by atoms with van der Waals surface area (Å²) in [5.41, 5.74) is 2.75. The number of nitrogens with zero attached hydrogens (tertiary/aromatic N) is 5. The molecule has 30 heavy (non-hydrogen) atoms. The molecule has 0 saturated heterocycles. The van der Waals surface area contributed by atoms with Crippen LogP contribution < -0.4 is 10.9 Å². The van der Waals surface area contributed by atoms with Crippen LogP contribution in [0.15, 0.2) is 72.0 Å². The molecule has 5 rings (SSSR count). The number of benzene rings is 2. The fourth-order valence-electron chi connectivity index (χ4n) is 3.59. The summed E-state index contributed by atoms with van der Waals surface area (Å²) in [6.45, 7) is 2.03. The van der Waals surface area contributed by atoms with E-state index in [0.717, 1.165) is 11.2 Å². The molecule has 0 amide bonds. The van der Waals surface area contributed by atoms with Crippen LogP contribution in [0.4, 0.5) is 5.82 Å². The Morgan fingerprint density at radius 2 is 1.83 bits per heavy atom. The lowest BCUT2D eigenvalue weighted by Gasteiger charge is -2.18. The van der Waals surface area contributed by atoms with Gasteiger partial charge in [-0.3, -0.25) is 9.36 Å². The van der Waals surface area contributed by atoms with Crippen molar-refractivity contribution in [3.05, 3.63) is 83.4 Å². The van der Waals surface area contributed by atoms with Crippen LogP contribution in [0.3, 0.4) is 0 Å². The molecule has 5 aromatic rings. The molecule has 1 atom stereocenters. The minimum atomic E-state index is -0.0769. The second-order valence-corrected chi connectivity index (χ2v) is 7.09. The van der Waals surface area contributed by atoms with Crippen LogP contribution in [0.1, 0.15) is 12.7 Å². The molecule has 2 aromatic carbocycles. The maximum absolute atomic E-state index is 13.3. The van der Waals surface area contributed by atoms with Gasteiger partial charge in [-0.05, 0) is 31.2 Å². The molecule has 0 radical (unpaired) electrons. The van der Waals surface area contributed by atoms with Gasteiger partial charge in [-0.1, -0.05) is 30.3 Å². The molecule has 1 unspecified atom stereocenters. The lowest BCUT2D eigenvalue weighted by molar-refractivity contribution is 0.709. The first-order chi connectivity index (χ1) is 14.7. The number of H-pyrrole nitrogens is 1. The highest BCUT2D eigenvalue weighted by atomic mass is 16.1. The summed E-state index contributed by atoms with van der Waals surface area (Å²) < 4.78 is 1.69. The van der Waals surface area contributed by atoms with E-state index in [2.05, 4.69) is 25.3 Å². The predicted molar refractivity (Wildman–Crippen MR) is 116 cm³/mol. The number of aromatic nitrogens is 6. The summed E-state index contributed by atoms with van der Waals surface area (Å²) in [4.78, 5) is 33.8. The van der Waals surface area contributed by atoms with E-state index in [0.29, 0.717) is 34.6 Å². The molecule has 2 N–H and O–H groups in total. The molecule has 148 valence electrons. The number of imidazole rings is 1. The number of hydrogen-bond acceptors (Lipinski definition) is 6. The van der Waals surface area contributed by atoms with Gasteiger partial charge in [0.15, 0.2) is 11.5 Å². The van der Waals surface area contributed by atoms with Gasteiger partial charge in [0.1, 0.15) is 17.7 Å². The van der Waals surface area contributed by atoms with E-state index in [4.69, 9.17) is 4.98 Å². The second-order valence-electron chi connectivity index (χ2n) is 7.09. The Morgan fingerprint density at radius 3 is 2.70 bits per heavy atom. The van der Waals surface area contributed by atoms with Gasteiger partial charge in [0.05, 0.1) is 22.9 Å². The van der Waals surface area contributed by atoms with Crippen molar-refractivity contribution >= 4 is 27.9 Å². The fraction of sp³-hybridized carbons (Fsp3) is 0.136. The summed E-state index contributed by atoms with van der Waals surface area (Å²) in [5.74, 6) is 1.35. The Bertz CT molecular complexity index is 1390. The first kappa shape index (κ1) is 18.0. The molecule has 8 heteroatoms. The second kappa shape index (κ2) is 7.40. The van der Waals surface area contributed by atoms with Gasteiger partial charge < -0.3 is 10.3 Å². The zero-order chi connectivity index (χ0) is 20.5. The molecule has 3 heterocycles. The normalized spacial score (nSPS) is 12.3. The van der Waals surface area contributed by atoms with Crippen molar-refractivity contribution in [2.45, 2.75) is 19.4 Å². The molecular formula is C22H19N7O. The van der Waals surface area contributed by atoms with E-state index in [1.54, 1.807) is 10.9 Å². The van der Waals surface area contributed by atoms with Crippen molar-refractivity contribution in [2.75, 3.05) is 5.32 Å². The molecule has 0 saturated carbocycles. The Labute approximate surface area is 171 Å². The van der Waals surface area contributed by atoms with Crippen LogP contribution in [0, 0.1) is 0 Å². The van der Waals surface area contributed by atoms with Crippen molar-refractivity contribution < 1.29 is 0 Å². The Morgan fingerprint density at radius 1 is 1.03 bits per heavy atom. The maximum atomic E-state index is 13.3. The largest absolute Gasteiger partial charge is 0.365 e. The minimum Gasteiger partial charge on any atom is -0.365 e. The topological polar surface area (TPSA) is 101 Å². The smallest absolute Gasteiger partial charge is 0.265 e. The van der Waals surface area contributed by atoms with Crippen molar-refractivity contribution in [3.8, 4) is 5.69 Å². The summed E-state index contributed by atoms with van der Waals surface area (Å²) >= 11 is 0. The minimum absolute atomic E-state index is 0.0468. The van der Waals surface area contributed by atoms with Gasteiger partial charge in [0.2, 0.25) is 0 Å². The van der Waals surface area contributed by atoms with E-state index in [9.17, 15) is 4.79 Å². The van der Waals surface area contributed by atoms with Gasteiger partial charge in [0, 0.05) is 12.5 Å². The highest BCUT2D eigenvalue weighted by Gasteiger charge is 2.16. The summed E-state index contributed by atoms with van der Waals surface area (Å²) in [6, 6.07) is 17.0. The quantitative estimate of drug-likeness (QED) is 0.473. The highest BCUT2D eigenvalue weighted by Crippen LogP contribution is 2.18. The number of aromatic amines is 1. The average molecular weight is 397 g/mol. The van der Waals surface area contributed by atoms with Gasteiger partial charge in [-0.15, -0.1) is 0 Å². The Balaban J connectivity index is 1.56. The van der Waals surface area contributed by atoms with E-state index in [1.165, 1.54) is 6.33 Å². The van der Waals surface area contributed by atoms with Crippen molar-refractivity contribution in [2.24, 2.45) is 0 Å². The van der Waals surface area contributed by atoms with Crippen LogP contribution in [0.25, 0.3) is 27.8 Å². The highest BCUT2D eigenvalue weighted by molar-refractivity contribution is 5.82. The molecule has 8 nitrogen and oxygen atoms in total. The zero-order valence-corrected chi connectivity index (χ0v) is 16.3. The molecule has 0 aliphatic rings. The molecule has 0 aliphatic carbocycles. The summed E-state index contributed by atoms with van der Waals surface area (Å²) in [7, 11) is 0. The molecule has 0 bridgehead atoms. The number of hydrogen-bond donors (Lipinski definition) is 2. The van der Waals surface area contributed by atoms with E-state index in [-0.39, 0.29) is 11.6 Å². The standard InChI is InChI=1S/C22H19N7O/c1-14(27-21-19-20(24-12-23-19)25-13-26-21)11-18-28-17-10-6-5-9-16(17)22(30)29(18)15-7-3-2-4-8-15/h2-10,12-14H,11H2,1H3,(H2,23,24,25,26,27). The third-order valence-electron chi connectivity index (χ3n) is 4.95. The van der Waals surface area contributed by atoms with Crippen LogP contribution in [0.5, 0.6) is 0 Å². The number of nitrogens with one attached hydrogen (secondary N) is 2. The summed E-state index contributed by atoms with van der Waals surface area (Å²) in [6.07, 6.45) is 3.59. The monoisotopic (exact) mass is 397 g/mol. The van der Waals surface area contributed by atoms with E-state index in [1.807, 2.05) is 61.5 Å². The molecule has 0 aliphatic heterocycles. The maximum Gasteiger partial charge on any atom is 0.265 e. The van der Waals surface area contributed by atoms with Crippen LogP contribution in [0.2, 0.25) is 0 Å². The Hall–Kier alpha value is -4.07. The van der Waals surface area contributed by atoms with Gasteiger partial charge >= 0.3 is 0 Å². The van der Waals surface area contributed by atoms with Crippen molar-refractivity contribution in [3.63, 3.8) is 0 Å². The first-order valence-electron chi connectivity index (χ1n) is 9.67. The van der Waals surface area contributed by atoms with Gasteiger partial charge in [-0.25, -0.2) is 19.9 Å². The third-order valence-corrected chi connectivity index (χ3v) is 4.95. The number of para-hydroxylation sites is 2. The average Bonchev–Trinajstić information content (AvgIpc) is 3.25. The number of fused-ring (bicyclic) bond motifs is 2. The third kappa shape index (κ3) is 3.18. The summed E-state index contributed by atoms with van der Waals surface area (Å²) in [5, 5.41) is 3.99. The lowest BCUT2D eigenvalue weighted by atomic mass is 10.1. The SMILES string of the molecule is CC(Cc1nc2ccccc2c(=O)n1-c1ccccc1)Nc1ncnc2nc[nH]c12. The van der Waals surface area contributed by atoms with Gasteiger partial charge in [-0.2, -0.15) is 0 Å². The Kier molecular flexibility index (Phi) is 4.44. The van der Waals surface area contributed by atoms with Crippen molar-refractivity contribution in [1.29, 1.82) is 0 Å². The lowest BCUT2D eigenvalue weighted by Crippen LogP contribution is -2.28. The number of rotatable bonds is 5. The van der Waals surface area contributed by atoms with Crippen molar-refractivity contribution in [1.82, 2.24) is 29.5 Å². The van der Waals surface area contributed by atoms with Crippen LogP contribution >= 0.6 is 0 Å². The fourth-order valence-corrected chi connectivity index (χ4v) is 3.59. The first-order valence-corrected chi connectivity index (χ1v) is 9.67. The molecule has 0 spiro atoms. The van der Waals surface area contributed by atoms with Crippen LogP contribution in [-0.2, 0) is 6.42 Å². The van der Waals surface area contributed by atoms with E-state index >= 15 is 0 Å². The van der Waals surface area contributed by atoms with Gasteiger partial charge in [0.25, 0.3) is 5.56 Å². The zero-order valence-electron chi connectivity index (χ0n) is 16.3. The van der Waals surface area contributed by atoms with Crippen LogP contribution in [-0.4, -0.2) is 35.5 Å². The molecule has 3 aromatic heterocycles. The molecular weight excluding hydrogens is 378 g/mol. The van der Waals surface area contributed by atoms with E-state index < -0.39 is 0 Å². The predicted octanol–water partition coefficient (Wildman–Crippen LogP) is 3.10. The molecule has 0 fully saturated rings.